The highest BCUT2D eigenvalue weighted by molar-refractivity contribution is 5.89. The molecule has 2 bridgehead atoms. The second-order valence-electron chi connectivity index (χ2n) is 8.44. The predicted octanol–water partition coefficient (Wildman–Crippen LogP) is 2.19. The Hall–Kier alpha value is -2.91. The molecule has 0 aliphatic carbocycles. The number of carbonyl (C=O) groups is 2. The summed E-state index contributed by atoms with van der Waals surface area (Å²) < 4.78 is 12.1. The summed E-state index contributed by atoms with van der Waals surface area (Å²) in [7, 11) is 1.52. The first-order valence-corrected chi connectivity index (χ1v) is 10.6. The molecular weight excluding hydrogens is 400 g/mol. The van der Waals surface area contributed by atoms with Crippen molar-refractivity contribution in [2.24, 2.45) is 16.8 Å². The number of allylic oxidation sites excluding steroid dienone is 1. The van der Waals surface area contributed by atoms with Crippen molar-refractivity contribution in [1.29, 1.82) is 0 Å². The summed E-state index contributed by atoms with van der Waals surface area (Å²) in [5.74, 6) is -0.740. The SMILES string of the molecule is CNC(=O)Nc1ccc([N+]2(C(=O)[O-])CCC3OC2(OC2=CC=NCC2)C3C(C)C)cc1. The topological polar surface area (TPSA) is 112 Å². The first-order chi connectivity index (χ1) is 14.8. The van der Waals surface area contributed by atoms with Gasteiger partial charge in [-0.3, -0.25) is 9.73 Å². The van der Waals surface area contributed by atoms with Gasteiger partial charge in [-0.05, 0) is 24.1 Å². The number of carboxylic acid groups (broad SMARTS) is 1. The van der Waals surface area contributed by atoms with E-state index in [1.807, 2.05) is 0 Å². The van der Waals surface area contributed by atoms with E-state index in [4.69, 9.17) is 9.47 Å². The van der Waals surface area contributed by atoms with E-state index >= 15 is 0 Å². The second-order valence-corrected chi connectivity index (χ2v) is 8.44. The fourth-order valence-corrected chi connectivity index (χ4v) is 4.98. The van der Waals surface area contributed by atoms with Crippen molar-refractivity contribution in [3.63, 3.8) is 0 Å². The molecule has 0 aromatic heterocycles. The third-order valence-corrected chi connectivity index (χ3v) is 6.38. The molecule has 1 aromatic carbocycles. The van der Waals surface area contributed by atoms with E-state index in [1.54, 1.807) is 36.6 Å². The van der Waals surface area contributed by atoms with Gasteiger partial charge in [0, 0.05) is 50.5 Å². The van der Waals surface area contributed by atoms with Crippen molar-refractivity contribution in [3.05, 3.63) is 36.1 Å². The maximum absolute atomic E-state index is 12.8. The standard InChI is InChI=1S/C22H28N4O5/c1-14(2)19-18-10-13-26(21(28)29,16-6-4-15(5-7-16)25-20(27)23-3)22(19,31-18)30-17-8-11-24-12-9-17/h4-8,11,14,18-19H,9-10,12-13H2,1-3H3,(H2-,23,25,27,28,29). The number of amides is 3. The van der Waals surface area contributed by atoms with Crippen molar-refractivity contribution in [2.45, 2.75) is 38.7 Å². The number of aliphatic imine (C=N–C) groups is 1. The lowest BCUT2D eigenvalue weighted by molar-refractivity contribution is -0.458. The smallest absolute Gasteiger partial charge is 0.377 e. The minimum absolute atomic E-state index is 0.0577. The lowest BCUT2D eigenvalue weighted by Crippen LogP contribution is -2.87. The molecule has 4 unspecified atom stereocenters. The number of piperidine rings is 1. The van der Waals surface area contributed by atoms with Gasteiger partial charge in [-0.1, -0.05) is 13.8 Å². The van der Waals surface area contributed by atoms with Gasteiger partial charge in [-0.2, -0.15) is 4.48 Å². The predicted molar refractivity (Wildman–Crippen MR) is 114 cm³/mol. The number of nitrogens with one attached hydrogen (secondary N) is 2. The van der Waals surface area contributed by atoms with Gasteiger partial charge in [-0.25, -0.2) is 4.79 Å². The van der Waals surface area contributed by atoms with E-state index in [1.165, 1.54) is 7.05 Å². The van der Waals surface area contributed by atoms with Crippen molar-refractivity contribution in [3.8, 4) is 0 Å². The maximum Gasteiger partial charge on any atom is 0.377 e. The molecule has 5 rings (SSSR count). The molecule has 3 amide bonds. The average molecular weight is 428 g/mol. The van der Waals surface area contributed by atoms with Crippen LogP contribution in [0.2, 0.25) is 0 Å². The number of carbonyl (C=O) groups excluding carboxylic acids is 2. The minimum Gasteiger partial charge on any atom is -0.498 e. The first-order valence-electron chi connectivity index (χ1n) is 10.6. The number of quaternary nitrogens is 1. The van der Waals surface area contributed by atoms with Gasteiger partial charge < -0.3 is 25.3 Å². The zero-order valence-electron chi connectivity index (χ0n) is 18.0. The molecule has 0 saturated carbocycles. The summed E-state index contributed by atoms with van der Waals surface area (Å²) in [5, 5.41) is 18.0. The molecule has 4 aliphatic heterocycles. The van der Waals surface area contributed by atoms with Crippen LogP contribution in [0, 0.1) is 11.8 Å². The number of nitrogens with zero attached hydrogens (tertiary/aromatic N) is 2. The van der Waals surface area contributed by atoms with Crippen LogP contribution < -0.4 is 20.2 Å². The molecule has 31 heavy (non-hydrogen) atoms. The average Bonchev–Trinajstić information content (AvgIpc) is 2.74. The van der Waals surface area contributed by atoms with Crippen LogP contribution in [0.1, 0.15) is 26.7 Å². The summed E-state index contributed by atoms with van der Waals surface area (Å²) in [6, 6.07) is 6.35. The Kier molecular flexibility index (Phi) is 5.49. The molecule has 9 nitrogen and oxygen atoms in total. The zero-order valence-corrected chi connectivity index (χ0v) is 18.0. The second kappa shape index (κ2) is 7.97. The Morgan fingerprint density at radius 1 is 1.32 bits per heavy atom. The number of urea groups is 1. The van der Waals surface area contributed by atoms with E-state index < -0.39 is 16.5 Å². The minimum atomic E-state index is -1.41. The van der Waals surface area contributed by atoms with Crippen LogP contribution in [0.15, 0.2) is 41.1 Å². The van der Waals surface area contributed by atoms with Crippen LogP contribution in [0.25, 0.3) is 0 Å². The van der Waals surface area contributed by atoms with E-state index in [0.29, 0.717) is 43.1 Å². The number of dihydropyridines is 1. The highest BCUT2D eigenvalue weighted by Crippen LogP contribution is 2.58. The number of fused-ring (bicyclic) bond motifs is 2. The number of rotatable bonds is 5. The maximum atomic E-state index is 12.8. The summed E-state index contributed by atoms with van der Waals surface area (Å²) in [5.41, 5.74) is 1.03. The van der Waals surface area contributed by atoms with Crippen LogP contribution in [0.5, 0.6) is 0 Å². The monoisotopic (exact) mass is 428 g/mol. The molecular formula is C22H28N4O5. The van der Waals surface area contributed by atoms with Crippen molar-refractivity contribution in [1.82, 2.24) is 9.80 Å². The van der Waals surface area contributed by atoms with Gasteiger partial charge in [0.25, 0.3) is 6.09 Å². The molecule has 0 spiro atoms. The number of benzene rings is 1. The number of ether oxygens (including phenoxy) is 2. The largest absolute Gasteiger partial charge is 0.498 e. The normalized spacial score (nSPS) is 31.4. The van der Waals surface area contributed by atoms with Gasteiger partial charge in [-0.15, -0.1) is 0 Å². The molecule has 4 heterocycles. The van der Waals surface area contributed by atoms with Gasteiger partial charge in [0.1, 0.15) is 17.4 Å². The van der Waals surface area contributed by atoms with Crippen LogP contribution in [-0.4, -0.2) is 50.5 Å². The molecule has 3 fully saturated rings. The fourth-order valence-electron chi connectivity index (χ4n) is 4.98. The number of hydrogen-bond acceptors (Lipinski definition) is 6. The van der Waals surface area contributed by atoms with E-state index in [0.717, 1.165) is 0 Å². The highest BCUT2D eigenvalue weighted by atomic mass is 16.8. The quantitative estimate of drug-likeness (QED) is 0.698. The van der Waals surface area contributed by atoms with Crippen molar-refractivity contribution >= 4 is 29.7 Å². The molecule has 3 saturated heterocycles. The summed E-state index contributed by atoms with van der Waals surface area (Å²) in [6.07, 6.45) is 3.27. The Balaban J connectivity index is 1.78. The Morgan fingerprint density at radius 2 is 2.06 bits per heavy atom. The van der Waals surface area contributed by atoms with Crippen LogP contribution in [0.4, 0.5) is 21.0 Å². The van der Waals surface area contributed by atoms with Gasteiger partial charge in [0.2, 0.25) is 0 Å². The Labute approximate surface area is 181 Å². The Bertz CT molecular complexity index is 928. The third-order valence-electron chi connectivity index (χ3n) is 6.38. The number of anilines is 1. The van der Waals surface area contributed by atoms with E-state index in [9.17, 15) is 14.7 Å². The van der Waals surface area contributed by atoms with Gasteiger partial charge in [0.05, 0.1) is 12.6 Å². The van der Waals surface area contributed by atoms with E-state index in [2.05, 4.69) is 29.5 Å². The third kappa shape index (κ3) is 3.28. The summed E-state index contributed by atoms with van der Waals surface area (Å²) in [4.78, 5) is 28.6. The fraction of sp³-hybridized carbons (Fsp3) is 0.500. The highest BCUT2D eigenvalue weighted by Gasteiger charge is 2.77. The molecule has 1 aromatic rings. The molecule has 0 radical (unpaired) electrons. The van der Waals surface area contributed by atoms with Crippen LogP contribution >= 0.6 is 0 Å². The number of hydrogen-bond donors (Lipinski definition) is 2. The van der Waals surface area contributed by atoms with Crippen LogP contribution in [-0.2, 0) is 9.47 Å². The van der Waals surface area contributed by atoms with Crippen LogP contribution in [0.3, 0.4) is 0 Å². The summed E-state index contributed by atoms with van der Waals surface area (Å²) >= 11 is 0. The van der Waals surface area contributed by atoms with Gasteiger partial charge in [0.15, 0.2) is 0 Å². The van der Waals surface area contributed by atoms with E-state index in [-0.39, 0.29) is 24.0 Å². The Morgan fingerprint density at radius 3 is 2.65 bits per heavy atom. The molecule has 2 N–H and O–H groups in total. The molecule has 166 valence electrons. The summed E-state index contributed by atoms with van der Waals surface area (Å²) in [6.45, 7) is 4.99. The zero-order chi connectivity index (χ0) is 22.2. The first kappa shape index (κ1) is 21.3. The molecule has 4 atom stereocenters. The van der Waals surface area contributed by atoms with Crippen molar-refractivity contribution in [2.75, 3.05) is 25.5 Å². The lowest BCUT2D eigenvalue weighted by atomic mass is 9.74. The molecule has 4 aliphatic rings. The lowest BCUT2D eigenvalue weighted by Gasteiger charge is -2.65. The molecule has 9 heteroatoms. The van der Waals surface area contributed by atoms with Crippen molar-refractivity contribution < 1.29 is 24.2 Å². The van der Waals surface area contributed by atoms with Gasteiger partial charge >= 0.3 is 11.9 Å².